The molecule has 1 aromatic heterocycles. The molecule has 0 radical (unpaired) electrons. The molecule has 11 rings (SSSR count). The fourth-order valence-corrected chi connectivity index (χ4v) is 8.58. The fraction of sp³-hybridized carbons (Fsp3) is 0. The molecular formula is C56H37NO. The number of nitrogens with zero attached hydrogens (tertiary/aromatic N) is 1. The summed E-state index contributed by atoms with van der Waals surface area (Å²) < 4.78 is 6.44. The molecule has 0 unspecified atom stereocenters. The van der Waals surface area contributed by atoms with Crippen LogP contribution in [-0.2, 0) is 0 Å². The average Bonchev–Trinajstić information content (AvgIpc) is 3.68. The van der Waals surface area contributed by atoms with E-state index in [0.717, 1.165) is 50.1 Å². The van der Waals surface area contributed by atoms with E-state index in [1.54, 1.807) is 0 Å². The third-order valence-corrected chi connectivity index (χ3v) is 11.5. The van der Waals surface area contributed by atoms with Gasteiger partial charge in [-0.25, -0.2) is 0 Å². The van der Waals surface area contributed by atoms with Crippen molar-refractivity contribution in [1.29, 1.82) is 0 Å². The van der Waals surface area contributed by atoms with E-state index in [-0.39, 0.29) is 0 Å². The Labute approximate surface area is 337 Å². The molecule has 0 atom stereocenters. The standard InChI is InChI=1S/C56H37NO/c1-2-11-43(12-3-1)51-20-10-21-52-53-37-45(31-36-55(53)58-56(51)52)40-25-23-38(24-26-40)39-27-32-46(33-28-39)57(54-22-9-16-42-14-5-7-18-50(42)54)47-34-29-44(30-35-47)49-19-8-15-41-13-4-6-17-48(41)49/h1-37H. The van der Waals surface area contributed by atoms with Crippen molar-refractivity contribution >= 4 is 60.5 Å². The first-order valence-corrected chi connectivity index (χ1v) is 19.8. The van der Waals surface area contributed by atoms with Crippen molar-refractivity contribution in [3.05, 3.63) is 224 Å². The molecule has 0 spiro atoms. The lowest BCUT2D eigenvalue weighted by Gasteiger charge is -2.27. The Morgan fingerprint density at radius 1 is 0.293 bits per heavy atom. The van der Waals surface area contributed by atoms with E-state index in [9.17, 15) is 0 Å². The zero-order valence-corrected chi connectivity index (χ0v) is 31.7. The normalized spacial score (nSPS) is 11.4. The number of fused-ring (bicyclic) bond motifs is 5. The van der Waals surface area contributed by atoms with Gasteiger partial charge in [0.15, 0.2) is 0 Å². The van der Waals surface area contributed by atoms with Gasteiger partial charge < -0.3 is 9.32 Å². The van der Waals surface area contributed by atoms with Gasteiger partial charge in [0.05, 0.1) is 5.69 Å². The highest BCUT2D eigenvalue weighted by atomic mass is 16.3. The van der Waals surface area contributed by atoms with Crippen molar-refractivity contribution in [2.75, 3.05) is 4.90 Å². The number of benzene rings is 10. The molecule has 10 aromatic carbocycles. The summed E-state index contributed by atoms with van der Waals surface area (Å²) in [6.07, 6.45) is 0. The Balaban J connectivity index is 0.920. The highest BCUT2D eigenvalue weighted by Gasteiger charge is 2.17. The Bertz CT molecular complexity index is 3240. The van der Waals surface area contributed by atoms with Crippen LogP contribution in [0.25, 0.3) is 88.0 Å². The summed E-state index contributed by atoms with van der Waals surface area (Å²) in [6, 6.07) is 80.6. The second-order valence-corrected chi connectivity index (χ2v) is 14.9. The molecule has 0 aliphatic carbocycles. The molecule has 0 bridgehead atoms. The van der Waals surface area contributed by atoms with E-state index in [1.807, 2.05) is 6.07 Å². The first kappa shape index (κ1) is 33.6. The van der Waals surface area contributed by atoms with E-state index < -0.39 is 0 Å². The molecule has 0 aliphatic heterocycles. The van der Waals surface area contributed by atoms with Crippen LogP contribution < -0.4 is 4.90 Å². The topological polar surface area (TPSA) is 16.4 Å². The molecule has 0 saturated heterocycles. The van der Waals surface area contributed by atoms with Gasteiger partial charge in [-0.3, -0.25) is 0 Å². The molecule has 1 heterocycles. The zero-order valence-electron chi connectivity index (χ0n) is 31.7. The predicted octanol–water partition coefficient (Wildman–Crippen LogP) is 16.0. The minimum absolute atomic E-state index is 0.900. The average molecular weight is 740 g/mol. The summed E-state index contributed by atoms with van der Waals surface area (Å²) in [5.41, 5.74) is 14.6. The summed E-state index contributed by atoms with van der Waals surface area (Å²) in [5, 5.41) is 7.19. The molecule has 0 aliphatic rings. The number of hydrogen-bond donors (Lipinski definition) is 0. The fourth-order valence-electron chi connectivity index (χ4n) is 8.58. The monoisotopic (exact) mass is 739 g/mol. The summed E-state index contributed by atoms with van der Waals surface area (Å²) in [7, 11) is 0. The third kappa shape index (κ3) is 5.91. The van der Waals surface area contributed by atoms with Crippen LogP contribution >= 0.6 is 0 Å². The van der Waals surface area contributed by atoms with Crippen molar-refractivity contribution in [2.24, 2.45) is 0 Å². The van der Waals surface area contributed by atoms with Crippen molar-refractivity contribution < 1.29 is 4.42 Å². The van der Waals surface area contributed by atoms with Crippen LogP contribution in [0.15, 0.2) is 229 Å². The lowest BCUT2D eigenvalue weighted by Crippen LogP contribution is -2.10. The van der Waals surface area contributed by atoms with Crippen molar-refractivity contribution in [2.45, 2.75) is 0 Å². The van der Waals surface area contributed by atoms with E-state index in [2.05, 4.69) is 223 Å². The molecule has 2 heteroatoms. The zero-order chi connectivity index (χ0) is 38.4. The lowest BCUT2D eigenvalue weighted by atomic mass is 9.97. The molecule has 0 N–H and O–H groups in total. The SMILES string of the molecule is c1ccc(-c2cccc3c2oc2ccc(-c4ccc(-c5ccc(N(c6ccc(-c7cccc8ccccc78)cc6)c6cccc7ccccc67)cc5)cc4)cc23)cc1. The van der Waals surface area contributed by atoms with Gasteiger partial charge in [0.1, 0.15) is 11.2 Å². The lowest BCUT2D eigenvalue weighted by molar-refractivity contribution is 0.670. The molecule has 0 saturated carbocycles. The van der Waals surface area contributed by atoms with Crippen LogP contribution in [0.3, 0.4) is 0 Å². The molecule has 272 valence electrons. The maximum absolute atomic E-state index is 6.44. The predicted molar refractivity (Wildman–Crippen MR) is 245 cm³/mol. The maximum Gasteiger partial charge on any atom is 0.143 e. The number of rotatable bonds is 7. The first-order valence-electron chi connectivity index (χ1n) is 19.8. The van der Waals surface area contributed by atoms with Gasteiger partial charge in [-0.15, -0.1) is 0 Å². The van der Waals surface area contributed by atoms with Gasteiger partial charge in [-0.1, -0.05) is 182 Å². The van der Waals surface area contributed by atoms with Crippen LogP contribution in [0.2, 0.25) is 0 Å². The Morgan fingerprint density at radius 3 is 1.50 bits per heavy atom. The molecule has 58 heavy (non-hydrogen) atoms. The highest BCUT2D eigenvalue weighted by Crippen LogP contribution is 2.42. The summed E-state index contributed by atoms with van der Waals surface area (Å²) in [4.78, 5) is 2.38. The molecule has 11 aromatic rings. The van der Waals surface area contributed by atoms with Crippen LogP contribution in [0, 0.1) is 0 Å². The van der Waals surface area contributed by atoms with Gasteiger partial charge in [0.2, 0.25) is 0 Å². The van der Waals surface area contributed by atoms with Crippen LogP contribution in [0.4, 0.5) is 17.1 Å². The smallest absolute Gasteiger partial charge is 0.143 e. The second-order valence-electron chi connectivity index (χ2n) is 14.9. The molecule has 0 fully saturated rings. The van der Waals surface area contributed by atoms with E-state index in [4.69, 9.17) is 4.42 Å². The Morgan fingerprint density at radius 2 is 0.776 bits per heavy atom. The Hall–Kier alpha value is -7.68. The Kier molecular flexibility index (Phi) is 8.19. The van der Waals surface area contributed by atoms with E-state index in [0.29, 0.717) is 0 Å². The molecule has 0 amide bonds. The summed E-state index contributed by atoms with van der Waals surface area (Å²) >= 11 is 0. The summed E-state index contributed by atoms with van der Waals surface area (Å²) in [6.45, 7) is 0. The highest BCUT2D eigenvalue weighted by molar-refractivity contribution is 6.10. The van der Waals surface area contributed by atoms with Crippen LogP contribution in [0.1, 0.15) is 0 Å². The van der Waals surface area contributed by atoms with E-state index in [1.165, 1.54) is 54.9 Å². The number of furan rings is 1. The van der Waals surface area contributed by atoms with Gasteiger partial charge in [-0.05, 0) is 97.6 Å². The minimum Gasteiger partial charge on any atom is -0.455 e. The molecular weight excluding hydrogens is 703 g/mol. The third-order valence-electron chi connectivity index (χ3n) is 11.5. The summed E-state index contributed by atoms with van der Waals surface area (Å²) in [5.74, 6) is 0. The molecule has 2 nitrogen and oxygen atoms in total. The van der Waals surface area contributed by atoms with Crippen molar-refractivity contribution in [1.82, 2.24) is 0 Å². The van der Waals surface area contributed by atoms with Crippen molar-refractivity contribution in [3.63, 3.8) is 0 Å². The van der Waals surface area contributed by atoms with Gasteiger partial charge >= 0.3 is 0 Å². The van der Waals surface area contributed by atoms with Crippen LogP contribution in [-0.4, -0.2) is 0 Å². The number of anilines is 3. The van der Waals surface area contributed by atoms with Crippen LogP contribution in [0.5, 0.6) is 0 Å². The van der Waals surface area contributed by atoms with Gasteiger partial charge in [-0.2, -0.15) is 0 Å². The minimum atomic E-state index is 0.900. The first-order chi connectivity index (χ1) is 28.7. The quantitative estimate of drug-likeness (QED) is 0.162. The number of para-hydroxylation sites is 1. The largest absolute Gasteiger partial charge is 0.455 e. The van der Waals surface area contributed by atoms with E-state index >= 15 is 0 Å². The van der Waals surface area contributed by atoms with Gasteiger partial charge in [0, 0.05) is 33.1 Å². The second kappa shape index (κ2) is 14.1. The maximum atomic E-state index is 6.44. The van der Waals surface area contributed by atoms with Gasteiger partial charge in [0.25, 0.3) is 0 Å². The number of hydrogen-bond acceptors (Lipinski definition) is 2. The van der Waals surface area contributed by atoms with Crippen molar-refractivity contribution in [3.8, 4) is 44.5 Å².